The molecule has 0 bridgehead atoms. The summed E-state index contributed by atoms with van der Waals surface area (Å²) in [7, 11) is 0. The Labute approximate surface area is 423 Å². The van der Waals surface area contributed by atoms with Crippen molar-refractivity contribution in [2.24, 2.45) is 0 Å². The van der Waals surface area contributed by atoms with Crippen LogP contribution in [0.2, 0.25) is 0 Å². The lowest BCUT2D eigenvalue weighted by Crippen LogP contribution is -2.45. The van der Waals surface area contributed by atoms with Crippen molar-refractivity contribution in [3.63, 3.8) is 0 Å². The van der Waals surface area contributed by atoms with Gasteiger partial charge in [-0.15, -0.1) is 0 Å². The van der Waals surface area contributed by atoms with Crippen molar-refractivity contribution >= 4 is 11.9 Å². The number of carbonyl (C=O) groups is 2. The number of amides is 1. The number of rotatable bonds is 55. The lowest BCUT2D eigenvalue weighted by atomic mass is 10.0. The van der Waals surface area contributed by atoms with Crippen LogP contribution in [0, 0.1) is 0 Å². The molecule has 0 aromatic heterocycles. The normalized spacial score (nSPS) is 12.9. The van der Waals surface area contributed by atoms with Gasteiger partial charge in [0, 0.05) is 12.8 Å². The van der Waals surface area contributed by atoms with Crippen LogP contribution in [-0.4, -0.2) is 47.4 Å². The molecule has 0 spiro atoms. The number of carbonyl (C=O) groups excluding carboxylic acids is 2. The Kier molecular flexibility index (Phi) is 55.6. The molecule has 0 aliphatic carbocycles. The van der Waals surface area contributed by atoms with E-state index in [1.807, 2.05) is 0 Å². The van der Waals surface area contributed by atoms with Gasteiger partial charge >= 0.3 is 5.97 Å². The average molecular weight is 955 g/mol. The maximum absolute atomic E-state index is 12.5. The Morgan fingerprint density at radius 2 is 0.779 bits per heavy atom. The van der Waals surface area contributed by atoms with E-state index in [4.69, 9.17) is 4.74 Å². The second-order valence-electron chi connectivity index (χ2n) is 20.4. The predicted octanol–water partition coefficient (Wildman–Crippen LogP) is 18.6. The summed E-state index contributed by atoms with van der Waals surface area (Å²) in [5, 5.41) is 23.3. The predicted molar refractivity (Wildman–Crippen MR) is 296 cm³/mol. The Morgan fingerprint density at radius 1 is 0.426 bits per heavy atom. The van der Waals surface area contributed by atoms with Crippen molar-refractivity contribution in [2.75, 3.05) is 13.2 Å². The minimum absolute atomic E-state index is 0.0351. The highest BCUT2D eigenvalue weighted by Gasteiger charge is 2.20. The summed E-state index contributed by atoms with van der Waals surface area (Å²) in [6.45, 7) is 4.88. The first-order valence-corrected chi connectivity index (χ1v) is 29.9. The molecule has 2 unspecified atom stereocenters. The molecule has 2 atom stereocenters. The maximum atomic E-state index is 12.5. The number of esters is 1. The lowest BCUT2D eigenvalue weighted by molar-refractivity contribution is -0.143. The Bertz CT molecular complexity index is 1150. The number of allylic oxidation sites excluding steroid dienone is 8. The third kappa shape index (κ3) is 53.2. The molecule has 0 radical (unpaired) electrons. The second kappa shape index (κ2) is 57.4. The summed E-state index contributed by atoms with van der Waals surface area (Å²) in [4.78, 5) is 24.5. The van der Waals surface area contributed by atoms with Crippen LogP contribution in [0.3, 0.4) is 0 Å². The van der Waals surface area contributed by atoms with Crippen LogP contribution in [-0.2, 0) is 14.3 Å². The Balaban J connectivity index is 3.53. The summed E-state index contributed by atoms with van der Waals surface area (Å²) < 4.78 is 5.45. The van der Waals surface area contributed by atoms with Gasteiger partial charge in [0.05, 0.1) is 25.4 Å². The van der Waals surface area contributed by atoms with Crippen molar-refractivity contribution in [1.29, 1.82) is 0 Å². The van der Waals surface area contributed by atoms with Gasteiger partial charge in [0.25, 0.3) is 0 Å². The molecule has 0 aliphatic rings. The molecule has 0 rings (SSSR count). The average Bonchev–Trinajstić information content (AvgIpc) is 3.34. The SMILES string of the molecule is CCCCCC/C=C\C/C=C\CCCCCCCC(=O)OCCCCC/C=C\C=C/CCCCCCCCC(=O)NC(CO)C(O)CCCCCCCCCCCCCCCCCCCCCC. The first-order valence-electron chi connectivity index (χ1n) is 29.9. The monoisotopic (exact) mass is 954 g/mol. The van der Waals surface area contributed by atoms with Crippen molar-refractivity contribution in [3.8, 4) is 0 Å². The molecular weight excluding hydrogens is 839 g/mol. The van der Waals surface area contributed by atoms with Gasteiger partial charge in [-0.3, -0.25) is 9.59 Å². The minimum Gasteiger partial charge on any atom is -0.466 e. The highest BCUT2D eigenvalue weighted by atomic mass is 16.5. The molecule has 0 aromatic carbocycles. The number of hydrogen-bond acceptors (Lipinski definition) is 5. The fourth-order valence-corrected chi connectivity index (χ4v) is 9.01. The van der Waals surface area contributed by atoms with E-state index in [1.54, 1.807) is 0 Å². The van der Waals surface area contributed by atoms with Gasteiger partial charge in [0.2, 0.25) is 5.91 Å². The van der Waals surface area contributed by atoms with Crippen LogP contribution in [0.1, 0.15) is 309 Å². The standard InChI is InChI=1S/C62H115NO5/c1-3-5-7-9-11-13-15-17-19-21-22-23-24-26-30-34-38-42-46-50-54-60(65)59(58-64)63-61(66)55-51-47-43-39-35-31-27-25-29-33-37-41-45-49-53-57-68-62(67)56-52-48-44-40-36-32-28-20-18-16-14-12-10-8-6-4-2/h14,16,20,25,28-29,33,37,59-60,64-65H,3-13,15,17-19,21-24,26-27,30-32,34-36,38-58H2,1-2H3,(H,63,66)/b16-14-,28-20-,29-25-,37-33-. The van der Waals surface area contributed by atoms with E-state index in [0.717, 1.165) is 89.9 Å². The lowest BCUT2D eigenvalue weighted by Gasteiger charge is -2.22. The molecule has 398 valence electrons. The number of ether oxygens (including phenoxy) is 1. The molecule has 0 fully saturated rings. The van der Waals surface area contributed by atoms with E-state index >= 15 is 0 Å². The van der Waals surface area contributed by atoms with Crippen LogP contribution < -0.4 is 5.32 Å². The smallest absolute Gasteiger partial charge is 0.305 e. The first kappa shape index (κ1) is 65.8. The minimum atomic E-state index is -0.681. The number of hydrogen-bond donors (Lipinski definition) is 3. The molecule has 3 N–H and O–H groups in total. The van der Waals surface area contributed by atoms with Crippen molar-refractivity contribution < 1.29 is 24.5 Å². The van der Waals surface area contributed by atoms with Gasteiger partial charge in [-0.2, -0.15) is 0 Å². The maximum Gasteiger partial charge on any atom is 0.305 e. The van der Waals surface area contributed by atoms with E-state index in [1.165, 1.54) is 186 Å². The van der Waals surface area contributed by atoms with Crippen molar-refractivity contribution in [3.05, 3.63) is 48.6 Å². The van der Waals surface area contributed by atoms with Crippen LogP contribution in [0.5, 0.6) is 0 Å². The molecule has 0 saturated carbocycles. The molecule has 0 aliphatic heterocycles. The summed E-state index contributed by atoms with van der Waals surface area (Å²) in [5.41, 5.74) is 0. The molecule has 1 amide bonds. The largest absolute Gasteiger partial charge is 0.466 e. The van der Waals surface area contributed by atoms with Gasteiger partial charge in [0.15, 0.2) is 0 Å². The summed E-state index contributed by atoms with van der Waals surface area (Å²) in [6, 6.07) is -0.560. The zero-order valence-corrected chi connectivity index (χ0v) is 45.3. The summed E-state index contributed by atoms with van der Waals surface area (Å²) in [6.07, 6.45) is 72.5. The summed E-state index contributed by atoms with van der Waals surface area (Å²) in [5.74, 6) is -0.0917. The number of aliphatic hydroxyl groups excluding tert-OH is 2. The van der Waals surface area contributed by atoms with Crippen molar-refractivity contribution in [1.82, 2.24) is 5.32 Å². The van der Waals surface area contributed by atoms with Gasteiger partial charge in [-0.05, 0) is 89.9 Å². The second-order valence-corrected chi connectivity index (χ2v) is 20.4. The molecule has 6 nitrogen and oxygen atoms in total. The molecule has 0 heterocycles. The zero-order valence-electron chi connectivity index (χ0n) is 45.3. The van der Waals surface area contributed by atoms with E-state index in [9.17, 15) is 19.8 Å². The van der Waals surface area contributed by atoms with Crippen LogP contribution >= 0.6 is 0 Å². The quantitative estimate of drug-likeness (QED) is 0.0244. The highest BCUT2D eigenvalue weighted by Crippen LogP contribution is 2.17. The van der Waals surface area contributed by atoms with Crippen LogP contribution in [0.25, 0.3) is 0 Å². The highest BCUT2D eigenvalue weighted by molar-refractivity contribution is 5.76. The number of unbranched alkanes of at least 4 members (excludes halogenated alkanes) is 37. The zero-order chi connectivity index (χ0) is 49.3. The molecule has 6 heteroatoms. The molecule has 0 aromatic rings. The van der Waals surface area contributed by atoms with Crippen LogP contribution in [0.4, 0.5) is 0 Å². The third-order valence-corrected chi connectivity index (χ3v) is 13.6. The van der Waals surface area contributed by atoms with E-state index in [0.29, 0.717) is 25.9 Å². The van der Waals surface area contributed by atoms with Gasteiger partial charge < -0.3 is 20.3 Å². The third-order valence-electron chi connectivity index (χ3n) is 13.6. The Hall–Kier alpha value is -2.18. The number of nitrogens with one attached hydrogen (secondary N) is 1. The topological polar surface area (TPSA) is 95.9 Å². The fourth-order valence-electron chi connectivity index (χ4n) is 9.01. The first-order chi connectivity index (χ1) is 33.5. The molecule has 0 saturated heterocycles. The van der Waals surface area contributed by atoms with Gasteiger partial charge in [-0.1, -0.05) is 255 Å². The molecular formula is C62H115NO5. The fraction of sp³-hybridized carbons (Fsp3) is 0.839. The van der Waals surface area contributed by atoms with E-state index < -0.39 is 12.1 Å². The van der Waals surface area contributed by atoms with E-state index in [2.05, 4.69) is 67.8 Å². The van der Waals surface area contributed by atoms with E-state index in [-0.39, 0.29) is 18.5 Å². The summed E-state index contributed by atoms with van der Waals surface area (Å²) >= 11 is 0. The molecule has 68 heavy (non-hydrogen) atoms. The number of aliphatic hydroxyl groups is 2. The van der Waals surface area contributed by atoms with Crippen molar-refractivity contribution in [2.45, 2.75) is 321 Å². The Morgan fingerprint density at radius 3 is 1.22 bits per heavy atom. The van der Waals surface area contributed by atoms with Gasteiger partial charge in [0.1, 0.15) is 0 Å². The van der Waals surface area contributed by atoms with Gasteiger partial charge in [-0.25, -0.2) is 0 Å². The van der Waals surface area contributed by atoms with Crippen LogP contribution in [0.15, 0.2) is 48.6 Å².